The molecule has 0 aromatic carbocycles. The number of aliphatic hydroxyl groups is 11. The van der Waals surface area contributed by atoms with Crippen LogP contribution in [0.15, 0.2) is 134 Å². The van der Waals surface area contributed by atoms with Gasteiger partial charge < -0.3 is 89.9 Å². The highest BCUT2D eigenvalue weighted by atomic mass is 16.8. The van der Waals surface area contributed by atoms with Gasteiger partial charge in [0.05, 0.1) is 38.6 Å². The van der Waals surface area contributed by atoms with Crippen LogP contribution in [0.3, 0.4) is 0 Å². The first kappa shape index (κ1) is 86.2. The van der Waals surface area contributed by atoms with E-state index >= 15 is 0 Å². The van der Waals surface area contributed by atoms with Gasteiger partial charge in [-0.1, -0.05) is 244 Å². The molecule has 3 aliphatic heterocycles. The van der Waals surface area contributed by atoms with E-state index in [0.717, 1.165) is 103 Å². The molecule has 19 nitrogen and oxygen atoms in total. The number of aliphatic hydroxyl groups excluding tert-OH is 11. The summed E-state index contributed by atoms with van der Waals surface area (Å²) in [6.07, 6.45) is 52.8. The predicted octanol–water partition coefficient (Wildman–Crippen LogP) is 10.5. The molecule has 19 heteroatoms. The van der Waals surface area contributed by atoms with E-state index in [1.807, 2.05) is 6.08 Å². The zero-order valence-corrected chi connectivity index (χ0v) is 58.0. The van der Waals surface area contributed by atoms with E-state index < -0.39 is 124 Å². The average molecular weight is 1350 g/mol. The Hall–Kier alpha value is -4.07. The molecule has 0 aliphatic carbocycles. The van der Waals surface area contributed by atoms with Gasteiger partial charge in [0.1, 0.15) is 73.2 Å². The minimum atomic E-state index is -1.99. The van der Waals surface area contributed by atoms with Crippen LogP contribution in [0, 0.1) is 0 Å². The highest BCUT2D eigenvalue weighted by Gasteiger charge is 2.53. The van der Waals surface area contributed by atoms with Gasteiger partial charge in [-0.25, -0.2) is 0 Å². The van der Waals surface area contributed by atoms with Gasteiger partial charge in [-0.05, 0) is 96.3 Å². The molecule has 0 saturated carbocycles. The predicted molar refractivity (Wildman–Crippen MR) is 378 cm³/mol. The van der Waals surface area contributed by atoms with Crippen molar-refractivity contribution < 1.29 is 89.4 Å². The van der Waals surface area contributed by atoms with Gasteiger partial charge in [0, 0.05) is 6.42 Å². The summed E-state index contributed by atoms with van der Waals surface area (Å²) in [4.78, 5) is 13.4. The maximum Gasteiger partial charge on any atom is 0.220 e. The van der Waals surface area contributed by atoms with Gasteiger partial charge in [-0.3, -0.25) is 4.79 Å². The molecular formula is C77H127NO18. The molecule has 1 amide bonds. The Morgan fingerprint density at radius 3 is 1.12 bits per heavy atom. The van der Waals surface area contributed by atoms with E-state index in [1.54, 1.807) is 6.08 Å². The quantitative estimate of drug-likeness (QED) is 0.0199. The first-order chi connectivity index (χ1) is 46.8. The Morgan fingerprint density at radius 1 is 0.385 bits per heavy atom. The lowest BCUT2D eigenvalue weighted by Gasteiger charge is -2.48. The Bertz CT molecular complexity index is 2260. The van der Waals surface area contributed by atoms with Crippen molar-refractivity contribution in [1.29, 1.82) is 0 Å². The Labute approximate surface area is 575 Å². The Morgan fingerprint density at radius 2 is 0.719 bits per heavy atom. The third kappa shape index (κ3) is 37.4. The summed E-state index contributed by atoms with van der Waals surface area (Å²) in [5.74, 6) is -0.323. The largest absolute Gasteiger partial charge is 0.394 e. The fourth-order valence-corrected chi connectivity index (χ4v) is 11.3. The number of amides is 1. The number of hydrogen-bond acceptors (Lipinski definition) is 18. The number of allylic oxidation sites excluding steroid dienone is 21. The zero-order chi connectivity index (χ0) is 69.6. The van der Waals surface area contributed by atoms with Crippen LogP contribution >= 0.6 is 0 Å². The molecule has 0 spiro atoms. The third-order valence-corrected chi connectivity index (χ3v) is 17.2. The normalized spacial score (nSPS) is 27.9. The molecule has 548 valence electrons. The summed E-state index contributed by atoms with van der Waals surface area (Å²) in [5, 5.41) is 121. The number of nitrogens with one attached hydrogen (secondary N) is 1. The average Bonchev–Trinajstić information content (AvgIpc) is 0.787. The van der Waals surface area contributed by atoms with E-state index in [1.165, 1.54) is 83.5 Å². The maximum atomic E-state index is 13.4. The summed E-state index contributed by atoms with van der Waals surface area (Å²) >= 11 is 0. The SMILES string of the molecule is CC/C=C\C/C=C\C/C=C\C/C=C\C/C=C\C/C=C\C/C=C\C/C=C\C/C=C\C/C=C\CCCCC(=O)NC(COC1OC(CO)C(OC2OC(CO)C(OC3OC(CO)C(O)C(O)C3O)C(O)C2O)C(O)C1O)C(O)/C=C/CCCCCCCCCCCCCCCCCC. The van der Waals surface area contributed by atoms with Gasteiger partial charge in [0.25, 0.3) is 0 Å². The molecule has 0 aromatic rings. The Balaban J connectivity index is 1.43. The van der Waals surface area contributed by atoms with E-state index in [2.05, 4.69) is 141 Å². The highest BCUT2D eigenvalue weighted by Crippen LogP contribution is 2.33. The van der Waals surface area contributed by atoms with Crippen LogP contribution in [0.1, 0.15) is 213 Å². The summed E-state index contributed by atoms with van der Waals surface area (Å²) in [7, 11) is 0. The number of rotatable bonds is 54. The number of carbonyl (C=O) groups is 1. The van der Waals surface area contributed by atoms with Crippen LogP contribution in [0.25, 0.3) is 0 Å². The summed E-state index contributed by atoms with van der Waals surface area (Å²) < 4.78 is 34.3. The molecule has 12 N–H and O–H groups in total. The van der Waals surface area contributed by atoms with Crippen molar-refractivity contribution in [2.45, 2.75) is 317 Å². The van der Waals surface area contributed by atoms with Crippen molar-refractivity contribution in [3.8, 4) is 0 Å². The standard InChI is InChI=1S/C77H127NO18/c1-3-5-7-9-11-13-15-17-19-21-23-24-25-26-27-28-29-30-31-32-33-34-35-36-37-39-41-43-45-47-49-51-53-55-65(83)78-60(61(82)54-52-50-48-46-44-42-40-38-22-20-18-16-14-12-10-8-6-4-2)59-91-75-71(89)68(86)73(63(57-80)93-75)96-77-72(90)69(87)74(64(58-81)94-77)95-76-70(88)67(85)66(84)62(56-79)92-76/h5,7,11,13,17,19,23-24,26-27,29-30,32-33,35-36,39,41,45,47,52,54,60-64,66-77,79-82,84-90H,3-4,6,8-10,12,14-16,18,20-22,25,28,31,34,37-38,40,42-44,46,48-51,53,55-59H2,1-2H3,(H,78,83)/b7-5-,13-11-,19-17-,24-23-,27-26-,30-29-,33-32-,36-35-,41-39-,47-45-,54-52+. The van der Waals surface area contributed by atoms with Gasteiger partial charge in [0.2, 0.25) is 5.91 Å². The van der Waals surface area contributed by atoms with Crippen molar-refractivity contribution in [3.05, 3.63) is 134 Å². The summed E-state index contributed by atoms with van der Waals surface area (Å²) in [6.45, 7) is 1.57. The van der Waals surface area contributed by atoms with Crippen LogP contribution in [0.2, 0.25) is 0 Å². The number of carbonyl (C=O) groups excluding carboxylic acids is 1. The molecule has 0 aromatic heterocycles. The molecule has 3 saturated heterocycles. The summed E-state index contributed by atoms with van der Waals surface area (Å²) in [6, 6.07) is -1.01. The Kier molecular flexibility index (Phi) is 50.8. The zero-order valence-electron chi connectivity index (χ0n) is 58.0. The number of hydrogen-bond donors (Lipinski definition) is 12. The second-order valence-corrected chi connectivity index (χ2v) is 25.3. The van der Waals surface area contributed by atoms with E-state index in [-0.39, 0.29) is 18.9 Å². The molecule has 0 radical (unpaired) electrons. The van der Waals surface area contributed by atoms with Crippen LogP contribution in [-0.2, 0) is 33.2 Å². The molecule has 17 atom stereocenters. The molecular weight excluding hydrogens is 1230 g/mol. The molecule has 17 unspecified atom stereocenters. The molecule has 3 rings (SSSR count). The lowest BCUT2D eigenvalue weighted by atomic mass is 9.96. The van der Waals surface area contributed by atoms with Crippen LogP contribution < -0.4 is 5.32 Å². The second kappa shape index (κ2) is 56.7. The fraction of sp³-hybridized carbons (Fsp3) is 0.701. The molecule has 0 bridgehead atoms. The van der Waals surface area contributed by atoms with Crippen molar-refractivity contribution in [2.75, 3.05) is 26.4 Å². The van der Waals surface area contributed by atoms with E-state index in [4.69, 9.17) is 28.4 Å². The topological polar surface area (TPSA) is 307 Å². The highest BCUT2D eigenvalue weighted by molar-refractivity contribution is 5.76. The van der Waals surface area contributed by atoms with Gasteiger partial charge >= 0.3 is 0 Å². The van der Waals surface area contributed by atoms with Crippen LogP contribution in [0.5, 0.6) is 0 Å². The van der Waals surface area contributed by atoms with Crippen molar-refractivity contribution in [3.63, 3.8) is 0 Å². The smallest absolute Gasteiger partial charge is 0.220 e. The number of ether oxygens (including phenoxy) is 6. The minimum Gasteiger partial charge on any atom is -0.394 e. The van der Waals surface area contributed by atoms with Gasteiger partial charge in [-0.2, -0.15) is 0 Å². The van der Waals surface area contributed by atoms with E-state index in [9.17, 15) is 61.0 Å². The first-order valence-electron chi connectivity index (χ1n) is 36.4. The van der Waals surface area contributed by atoms with Crippen LogP contribution in [0.4, 0.5) is 0 Å². The van der Waals surface area contributed by atoms with Crippen molar-refractivity contribution in [1.82, 2.24) is 5.32 Å². The summed E-state index contributed by atoms with van der Waals surface area (Å²) in [5.41, 5.74) is 0. The van der Waals surface area contributed by atoms with Gasteiger partial charge in [0.15, 0.2) is 18.9 Å². The molecule has 96 heavy (non-hydrogen) atoms. The molecule has 3 fully saturated rings. The first-order valence-corrected chi connectivity index (χ1v) is 36.4. The molecule has 3 heterocycles. The maximum absolute atomic E-state index is 13.4. The lowest BCUT2D eigenvalue weighted by Crippen LogP contribution is -2.66. The van der Waals surface area contributed by atoms with Crippen molar-refractivity contribution >= 4 is 5.91 Å². The monoisotopic (exact) mass is 1350 g/mol. The van der Waals surface area contributed by atoms with E-state index in [0.29, 0.717) is 6.42 Å². The van der Waals surface area contributed by atoms with Crippen LogP contribution in [-0.4, -0.2) is 193 Å². The second-order valence-electron chi connectivity index (χ2n) is 25.3. The third-order valence-electron chi connectivity index (χ3n) is 17.2. The fourth-order valence-electron chi connectivity index (χ4n) is 11.3. The minimum absolute atomic E-state index is 0.179. The van der Waals surface area contributed by atoms with Crippen molar-refractivity contribution in [2.24, 2.45) is 0 Å². The van der Waals surface area contributed by atoms with Gasteiger partial charge in [-0.15, -0.1) is 0 Å². The molecule has 3 aliphatic rings. The number of unbranched alkanes of at least 4 members (excludes halogenated alkanes) is 18. The lowest BCUT2D eigenvalue weighted by molar-refractivity contribution is -0.379.